The SMILES string of the molecule is F[B]Nc1ccccc1. The molecule has 3 heteroatoms. The van der Waals surface area contributed by atoms with E-state index in [0.29, 0.717) is 7.69 Å². The van der Waals surface area contributed by atoms with Crippen LogP contribution in [-0.4, -0.2) is 7.69 Å². The average Bonchev–Trinajstić information content (AvgIpc) is 1.91. The van der Waals surface area contributed by atoms with Crippen LogP contribution in [0.15, 0.2) is 30.3 Å². The van der Waals surface area contributed by atoms with Crippen LogP contribution in [0.2, 0.25) is 0 Å². The molecule has 0 atom stereocenters. The van der Waals surface area contributed by atoms with E-state index < -0.39 is 0 Å². The van der Waals surface area contributed by atoms with Crippen LogP contribution in [0.4, 0.5) is 10.0 Å². The molecule has 0 aliphatic heterocycles. The normalized spacial score (nSPS) is 8.56. The molecule has 0 amide bonds. The molecule has 1 nitrogen and oxygen atoms in total. The first-order chi connectivity index (χ1) is 4.43. The van der Waals surface area contributed by atoms with Crippen LogP contribution >= 0.6 is 0 Å². The molecule has 1 N–H and O–H groups in total. The highest BCUT2D eigenvalue weighted by atomic mass is 19.1. The van der Waals surface area contributed by atoms with Crippen LogP contribution in [-0.2, 0) is 0 Å². The molecular formula is C6H6BFN. The Kier molecular flexibility index (Phi) is 2.13. The summed E-state index contributed by atoms with van der Waals surface area (Å²) in [5.41, 5.74) is 0.764. The molecule has 0 bridgehead atoms. The summed E-state index contributed by atoms with van der Waals surface area (Å²) in [6.45, 7) is 0. The number of rotatable bonds is 2. The molecule has 0 saturated carbocycles. The van der Waals surface area contributed by atoms with Gasteiger partial charge in [0.15, 0.2) is 0 Å². The Labute approximate surface area is 54.2 Å². The Morgan fingerprint density at radius 2 is 1.89 bits per heavy atom. The second kappa shape index (κ2) is 3.12. The first-order valence-corrected chi connectivity index (χ1v) is 2.67. The average molecular weight is 122 g/mol. The van der Waals surface area contributed by atoms with Crippen molar-refractivity contribution in [2.75, 3.05) is 5.23 Å². The van der Waals surface area contributed by atoms with Gasteiger partial charge in [0.1, 0.15) is 0 Å². The zero-order valence-electron chi connectivity index (χ0n) is 4.84. The fraction of sp³-hybridized carbons (Fsp3) is 0. The molecule has 0 saturated heterocycles. The molecule has 1 aromatic rings. The van der Waals surface area contributed by atoms with E-state index in [1.807, 2.05) is 18.2 Å². The molecule has 0 fully saturated rings. The number of benzene rings is 1. The van der Waals surface area contributed by atoms with E-state index in [9.17, 15) is 4.32 Å². The van der Waals surface area contributed by atoms with Gasteiger partial charge >= 0.3 is 7.69 Å². The van der Waals surface area contributed by atoms with Gasteiger partial charge in [0.2, 0.25) is 0 Å². The van der Waals surface area contributed by atoms with Gasteiger partial charge in [0, 0.05) is 5.69 Å². The molecule has 0 aliphatic carbocycles. The van der Waals surface area contributed by atoms with Crippen molar-refractivity contribution >= 4 is 13.4 Å². The number of para-hydroxylation sites is 1. The molecule has 1 radical (unpaired) electrons. The third-order valence-electron chi connectivity index (χ3n) is 0.995. The molecular weight excluding hydrogens is 116 g/mol. The van der Waals surface area contributed by atoms with Gasteiger partial charge in [0.05, 0.1) is 0 Å². The number of halogens is 1. The minimum Gasteiger partial charge on any atom is -0.402 e. The zero-order valence-corrected chi connectivity index (χ0v) is 4.84. The van der Waals surface area contributed by atoms with E-state index >= 15 is 0 Å². The van der Waals surface area contributed by atoms with E-state index in [2.05, 4.69) is 5.23 Å². The summed E-state index contributed by atoms with van der Waals surface area (Å²) in [4.78, 5) is 0. The maximum atomic E-state index is 11.4. The zero-order chi connectivity index (χ0) is 6.53. The number of nitrogens with one attached hydrogen (secondary N) is 1. The van der Waals surface area contributed by atoms with Gasteiger partial charge in [-0.25, -0.2) is 0 Å². The highest BCUT2D eigenvalue weighted by Gasteiger charge is 1.87. The third-order valence-corrected chi connectivity index (χ3v) is 0.995. The van der Waals surface area contributed by atoms with E-state index in [4.69, 9.17) is 0 Å². The first-order valence-electron chi connectivity index (χ1n) is 2.67. The summed E-state index contributed by atoms with van der Waals surface area (Å²) in [6.07, 6.45) is 0. The number of hydrogen-bond donors (Lipinski definition) is 1. The summed E-state index contributed by atoms with van der Waals surface area (Å²) >= 11 is 0. The fourth-order valence-electron chi connectivity index (χ4n) is 0.597. The molecule has 1 aromatic carbocycles. The quantitative estimate of drug-likeness (QED) is 0.587. The summed E-state index contributed by atoms with van der Waals surface area (Å²) in [5, 5.41) is 2.42. The minimum absolute atomic E-state index is 0.412. The molecule has 0 heterocycles. The maximum Gasteiger partial charge on any atom is 0.488 e. The van der Waals surface area contributed by atoms with Crippen LogP contribution in [0, 0.1) is 0 Å². The highest BCUT2D eigenvalue weighted by Crippen LogP contribution is 2.02. The Morgan fingerprint density at radius 1 is 1.22 bits per heavy atom. The van der Waals surface area contributed by atoms with Crippen LogP contribution in [0.25, 0.3) is 0 Å². The van der Waals surface area contributed by atoms with Crippen molar-refractivity contribution in [1.29, 1.82) is 0 Å². The lowest BCUT2D eigenvalue weighted by Gasteiger charge is -1.95. The molecule has 0 spiro atoms. The van der Waals surface area contributed by atoms with Gasteiger partial charge in [-0.2, -0.15) is 0 Å². The van der Waals surface area contributed by atoms with Gasteiger partial charge in [-0.15, -0.1) is 0 Å². The fourth-order valence-corrected chi connectivity index (χ4v) is 0.597. The second-order valence-corrected chi connectivity index (χ2v) is 1.62. The molecule has 0 unspecified atom stereocenters. The van der Waals surface area contributed by atoms with Crippen LogP contribution in [0.5, 0.6) is 0 Å². The van der Waals surface area contributed by atoms with Gasteiger partial charge in [-0.1, -0.05) is 18.2 Å². The van der Waals surface area contributed by atoms with Gasteiger partial charge in [0.25, 0.3) is 0 Å². The lowest BCUT2D eigenvalue weighted by molar-refractivity contribution is 0.876. The van der Waals surface area contributed by atoms with Crippen molar-refractivity contribution in [2.24, 2.45) is 0 Å². The lowest BCUT2D eigenvalue weighted by atomic mass is 10.2. The van der Waals surface area contributed by atoms with E-state index in [1.165, 1.54) is 0 Å². The van der Waals surface area contributed by atoms with Crippen molar-refractivity contribution in [1.82, 2.24) is 0 Å². The van der Waals surface area contributed by atoms with Gasteiger partial charge in [-0.05, 0) is 12.1 Å². The second-order valence-electron chi connectivity index (χ2n) is 1.62. The number of hydrogen-bond acceptors (Lipinski definition) is 1. The predicted molar refractivity (Wildman–Crippen MR) is 36.9 cm³/mol. The number of anilines is 1. The molecule has 0 aliphatic rings. The summed E-state index contributed by atoms with van der Waals surface area (Å²) < 4.78 is 11.4. The first kappa shape index (κ1) is 6.14. The molecule has 9 heavy (non-hydrogen) atoms. The smallest absolute Gasteiger partial charge is 0.402 e. The highest BCUT2D eigenvalue weighted by molar-refractivity contribution is 6.31. The van der Waals surface area contributed by atoms with Crippen molar-refractivity contribution < 1.29 is 4.32 Å². The molecule has 45 valence electrons. The van der Waals surface area contributed by atoms with Crippen molar-refractivity contribution in [3.05, 3.63) is 30.3 Å². The summed E-state index contributed by atoms with van der Waals surface area (Å²) in [5.74, 6) is 0. The molecule has 0 aromatic heterocycles. The van der Waals surface area contributed by atoms with Gasteiger partial charge in [-0.3, -0.25) is 0 Å². The van der Waals surface area contributed by atoms with Crippen LogP contribution in [0.1, 0.15) is 0 Å². The van der Waals surface area contributed by atoms with Crippen LogP contribution in [0.3, 0.4) is 0 Å². The maximum absolute atomic E-state index is 11.4. The van der Waals surface area contributed by atoms with E-state index in [0.717, 1.165) is 5.69 Å². The van der Waals surface area contributed by atoms with Crippen LogP contribution < -0.4 is 5.23 Å². The minimum atomic E-state index is 0.412. The van der Waals surface area contributed by atoms with Crippen molar-refractivity contribution in [2.45, 2.75) is 0 Å². The standard InChI is InChI=1S/C6H6BFN/c8-7-9-6-4-2-1-3-5-6/h1-5,9H. The summed E-state index contributed by atoms with van der Waals surface area (Å²) in [7, 11) is 0.412. The van der Waals surface area contributed by atoms with Crippen molar-refractivity contribution in [3.63, 3.8) is 0 Å². The topological polar surface area (TPSA) is 12.0 Å². The lowest BCUT2D eigenvalue weighted by Crippen LogP contribution is -1.97. The Bertz CT molecular complexity index is 166. The largest absolute Gasteiger partial charge is 0.488 e. The van der Waals surface area contributed by atoms with Gasteiger partial charge < -0.3 is 9.54 Å². The van der Waals surface area contributed by atoms with E-state index in [-0.39, 0.29) is 0 Å². The third kappa shape index (κ3) is 1.76. The Balaban J connectivity index is 2.61. The Morgan fingerprint density at radius 3 is 2.44 bits per heavy atom. The van der Waals surface area contributed by atoms with Crippen molar-refractivity contribution in [3.8, 4) is 0 Å². The Hall–Kier alpha value is -0.985. The monoisotopic (exact) mass is 122 g/mol. The molecule has 1 rings (SSSR count). The van der Waals surface area contributed by atoms with E-state index in [1.54, 1.807) is 12.1 Å². The summed E-state index contributed by atoms with van der Waals surface area (Å²) in [6, 6.07) is 9.13. The predicted octanol–water partition coefficient (Wildman–Crippen LogP) is 1.60.